The first-order valence-corrected chi connectivity index (χ1v) is 15.3. The van der Waals surface area contributed by atoms with Gasteiger partial charge in [-0.2, -0.15) is 0 Å². The molecule has 4 rings (SSSR count). The minimum Gasteiger partial charge on any atom is -0.493 e. The molecule has 0 radical (unpaired) electrons. The molecule has 1 N–H and O–H groups in total. The zero-order valence-corrected chi connectivity index (χ0v) is 25.2. The van der Waals surface area contributed by atoms with E-state index in [0.717, 1.165) is 31.2 Å². The second-order valence-corrected chi connectivity index (χ2v) is 12.0. The normalized spacial score (nSPS) is 21.3. The lowest BCUT2D eigenvalue weighted by molar-refractivity contribution is -0.134. The zero-order chi connectivity index (χ0) is 30.1. The summed E-state index contributed by atoms with van der Waals surface area (Å²) in [7, 11) is 3.09. The number of carbonyl (C=O) groups excluding carboxylic acids is 4. The number of nitrogens with one attached hydrogen (secondary N) is 1. The third-order valence-electron chi connectivity index (χ3n) is 8.67. The first-order chi connectivity index (χ1) is 20.3. The predicted molar refractivity (Wildman–Crippen MR) is 156 cm³/mol. The van der Waals surface area contributed by atoms with E-state index in [4.69, 9.17) is 18.9 Å². The Bertz CT molecular complexity index is 1090. The fourth-order valence-electron chi connectivity index (χ4n) is 6.12. The Kier molecular flexibility index (Phi) is 11.9. The fourth-order valence-corrected chi connectivity index (χ4v) is 6.12. The number of amides is 1. The van der Waals surface area contributed by atoms with Crippen LogP contribution in [0.5, 0.6) is 11.5 Å². The van der Waals surface area contributed by atoms with Crippen LogP contribution in [0.4, 0.5) is 0 Å². The van der Waals surface area contributed by atoms with Crippen molar-refractivity contribution in [1.29, 1.82) is 0 Å². The molecule has 0 bridgehead atoms. The van der Waals surface area contributed by atoms with E-state index < -0.39 is 24.0 Å². The van der Waals surface area contributed by atoms with Crippen LogP contribution in [-0.4, -0.2) is 94.0 Å². The van der Waals surface area contributed by atoms with Crippen LogP contribution in [0.25, 0.3) is 0 Å². The van der Waals surface area contributed by atoms with Crippen molar-refractivity contribution in [2.24, 2.45) is 17.8 Å². The van der Waals surface area contributed by atoms with Gasteiger partial charge in [0, 0.05) is 37.8 Å². The van der Waals surface area contributed by atoms with Crippen LogP contribution >= 0.6 is 0 Å². The van der Waals surface area contributed by atoms with Crippen LogP contribution in [0.15, 0.2) is 18.2 Å². The van der Waals surface area contributed by atoms with Crippen LogP contribution in [0.3, 0.4) is 0 Å². The standard InChI is InChI=1S/C32H46N2O8/c1-21(14-25(35)19-34-10-12-41-13-11-34)32(38)33-26(16-23-8-9-28(39-2)29(17-23)40-3)27(36)18-24(31(37)30-20-42-30)15-22-6-4-5-7-22/h8-9,17,21-22,24,26,30H,4-7,10-16,18-20H2,1-3H3,(H,33,38)/t21-,24-,26+,30-/m1/s1. The highest BCUT2D eigenvalue weighted by atomic mass is 16.6. The van der Waals surface area contributed by atoms with Gasteiger partial charge in [-0.15, -0.1) is 0 Å². The zero-order valence-electron chi connectivity index (χ0n) is 25.2. The average molecular weight is 587 g/mol. The molecule has 2 aliphatic heterocycles. The Labute approximate surface area is 248 Å². The van der Waals surface area contributed by atoms with Gasteiger partial charge in [-0.1, -0.05) is 38.7 Å². The largest absolute Gasteiger partial charge is 0.493 e. The maximum atomic E-state index is 13.9. The highest BCUT2D eigenvalue weighted by Crippen LogP contribution is 2.34. The molecular weight excluding hydrogens is 540 g/mol. The Hall–Kier alpha value is -2.82. The minimum absolute atomic E-state index is 0.00600. The van der Waals surface area contributed by atoms with Gasteiger partial charge in [0.2, 0.25) is 5.91 Å². The van der Waals surface area contributed by atoms with E-state index in [0.29, 0.717) is 56.7 Å². The molecule has 1 saturated carbocycles. The summed E-state index contributed by atoms with van der Waals surface area (Å²) in [5.74, 6) is -0.0813. The van der Waals surface area contributed by atoms with Gasteiger partial charge < -0.3 is 24.3 Å². The third-order valence-corrected chi connectivity index (χ3v) is 8.67. The molecule has 232 valence electrons. The third kappa shape index (κ3) is 9.34. The van der Waals surface area contributed by atoms with Crippen molar-refractivity contribution in [3.63, 3.8) is 0 Å². The summed E-state index contributed by atoms with van der Waals surface area (Å²) < 4.78 is 21.4. The number of epoxide rings is 1. The molecule has 3 aliphatic rings. The number of hydrogen-bond donors (Lipinski definition) is 1. The van der Waals surface area contributed by atoms with Gasteiger partial charge >= 0.3 is 0 Å². The summed E-state index contributed by atoms with van der Waals surface area (Å²) in [6, 6.07) is 4.54. The van der Waals surface area contributed by atoms with Crippen LogP contribution < -0.4 is 14.8 Å². The highest BCUT2D eigenvalue weighted by molar-refractivity contribution is 5.96. The molecule has 0 spiro atoms. The number of nitrogens with zero attached hydrogens (tertiary/aromatic N) is 1. The van der Waals surface area contributed by atoms with Crippen molar-refractivity contribution in [2.75, 3.05) is 53.7 Å². The molecule has 3 fully saturated rings. The van der Waals surface area contributed by atoms with Crippen molar-refractivity contribution in [2.45, 2.75) is 70.4 Å². The predicted octanol–water partition coefficient (Wildman–Crippen LogP) is 2.78. The minimum atomic E-state index is -0.855. The molecule has 1 amide bonds. The highest BCUT2D eigenvalue weighted by Gasteiger charge is 2.39. The molecule has 2 heterocycles. The van der Waals surface area contributed by atoms with Gasteiger partial charge in [0.25, 0.3) is 0 Å². The maximum Gasteiger partial charge on any atom is 0.223 e. The van der Waals surface area contributed by atoms with E-state index in [1.807, 2.05) is 11.0 Å². The topological polar surface area (TPSA) is 124 Å². The Morgan fingerprint density at radius 1 is 1.02 bits per heavy atom. The molecule has 0 aromatic heterocycles. The van der Waals surface area contributed by atoms with Gasteiger partial charge in [-0.3, -0.25) is 24.1 Å². The molecule has 4 atom stereocenters. The Morgan fingerprint density at radius 3 is 2.36 bits per heavy atom. The SMILES string of the molecule is COc1ccc(C[C@H](NC(=O)[C@H](C)CC(=O)CN2CCOCC2)C(=O)C[C@@H](CC2CCCC2)C(=O)[C@H]2CO2)cc1OC. The van der Waals surface area contributed by atoms with Gasteiger partial charge in [-0.25, -0.2) is 0 Å². The molecule has 10 nitrogen and oxygen atoms in total. The molecule has 1 aromatic rings. The van der Waals surface area contributed by atoms with Gasteiger partial charge in [0.15, 0.2) is 23.1 Å². The number of Topliss-reactive ketones (excluding diaryl/α,β-unsaturated/α-hetero) is 3. The van der Waals surface area contributed by atoms with Crippen LogP contribution in [-0.2, 0) is 35.1 Å². The van der Waals surface area contributed by atoms with E-state index in [1.54, 1.807) is 33.3 Å². The molecule has 1 aromatic carbocycles. The molecule has 1 aliphatic carbocycles. The van der Waals surface area contributed by atoms with Crippen molar-refractivity contribution in [3.8, 4) is 11.5 Å². The molecule has 10 heteroatoms. The van der Waals surface area contributed by atoms with Crippen molar-refractivity contribution in [1.82, 2.24) is 10.2 Å². The monoisotopic (exact) mass is 586 g/mol. The second-order valence-electron chi connectivity index (χ2n) is 12.0. The number of rotatable bonds is 17. The van der Waals surface area contributed by atoms with Crippen molar-refractivity contribution >= 4 is 23.3 Å². The smallest absolute Gasteiger partial charge is 0.223 e. The lowest BCUT2D eigenvalue weighted by Crippen LogP contribution is -2.46. The molecular formula is C32H46N2O8. The van der Waals surface area contributed by atoms with Crippen LogP contribution in [0, 0.1) is 17.8 Å². The first kappa shape index (κ1) is 32.1. The number of carbonyl (C=O) groups is 4. The van der Waals surface area contributed by atoms with E-state index in [1.165, 1.54) is 0 Å². The molecule has 2 saturated heterocycles. The summed E-state index contributed by atoms with van der Waals surface area (Å²) in [5.41, 5.74) is 0.784. The van der Waals surface area contributed by atoms with E-state index in [2.05, 4.69) is 5.32 Å². The summed E-state index contributed by atoms with van der Waals surface area (Å²) in [6.45, 7) is 4.99. The number of ketones is 3. The van der Waals surface area contributed by atoms with Crippen LogP contribution in [0.1, 0.15) is 57.4 Å². The summed E-state index contributed by atoms with van der Waals surface area (Å²) >= 11 is 0. The van der Waals surface area contributed by atoms with Gasteiger partial charge in [0.1, 0.15) is 11.9 Å². The quantitative estimate of drug-likeness (QED) is 0.275. The van der Waals surface area contributed by atoms with Crippen molar-refractivity contribution < 1.29 is 38.1 Å². The number of hydrogen-bond acceptors (Lipinski definition) is 9. The Morgan fingerprint density at radius 2 is 1.71 bits per heavy atom. The lowest BCUT2D eigenvalue weighted by Gasteiger charge is -2.26. The fraction of sp³-hybridized carbons (Fsp3) is 0.688. The van der Waals surface area contributed by atoms with E-state index in [-0.39, 0.29) is 49.1 Å². The van der Waals surface area contributed by atoms with E-state index in [9.17, 15) is 19.2 Å². The number of benzene rings is 1. The number of methoxy groups -OCH3 is 2. The number of morpholine rings is 1. The first-order valence-electron chi connectivity index (χ1n) is 15.3. The molecule has 0 unspecified atom stereocenters. The maximum absolute atomic E-state index is 13.9. The van der Waals surface area contributed by atoms with E-state index >= 15 is 0 Å². The lowest BCUT2D eigenvalue weighted by atomic mass is 9.83. The summed E-state index contributed by atoms with van der Waals surface area (Å²) in [4.78, 5) is 55.1. The molecule has 42 heavy (non-hydrogen) atoms. The van der Waals surface area contributed by atoms with Crippen LogP contribution in [0.2, 0.25) is 0 Å². The summed E-state index contributed by atoms with van der Waals surface area (Å²) in [5, 5.41) is 2.93. The van der Waals surface area contributed by atoms with Gasteiger partial charge in [0.05, 0.1) is 46.6 Å². The number of ether oxygens (including phenoxy) is 4. The summed E-state index contributed by atoms with van der Waals surface area (Å²) in [6.07, 6.45) is 5.08. The second kappa shape index (κ2) is 15.6. The average Bonchev–Trinajstić information content (AvgIpc) is 3.71. The Balaban J connectivity index is 1.45. The van der Waals surface area contributed by atoms with Gasteiger partial charge in [-0.05, 0) is 36.5 Å². The van der Waals surface area contributed by atoms with Crippen molar-refractivity contribution in [3.05, 3.63) is 23.8 Å².